The highest BCUT2D eigenvalue weighted by Crippen LogP contribution is 2.31. The molecule has 0 bridgehead atoms. The first-order valence-corrected chi connectivity index (χ1v) is 10.2. The van der Waals surface area contributed by atoms with E-state index in [0.29, 0.717) is 23.7 Å². The molecule has 0 unspecified atom stereocenters. The first-order chi connectivity index (χ1) is 14.5. The highest BCUT2D eigenvalue weighted by atomic mass is 32.1. The quantitative estimate of drug-likeness (QED) is 0.431. The van der Waals surface area contributed by atoms with Crippen LogP contribution in [0.4, 0.5) is 13.2 Å². The van der Waals surface area contributed by atoms with E-state index in [0.717, 1.165) is 29.9 Å². The first kappa shape index (κ1) is 20.3. The maximum atomic E-state index is 12.7. The molecule has 0 atom stereocenters. The summed E-state index contributed by atoms with van der Waals surface area (Å²) in [7, 11) is 0. The number of aromatic nitrogens is 3. The van der Waals surface area contributed by atoms with Crippen LogP contribution in [0.25, 0.3) is 10.6 Å². The molecule has 1 N–H and O–H groups in total. The summed E-state index contributed by atoms with van der Waals surface area (Å²) in [5.74, 6) is 0. The third-order valence-electron chi connectivity index (χ3n) is 4.57. The van der Waals surface area contributed by atoms with E-state index in [4.69, 9.17) is 0 Å². The summed E-state index contributed by atoms with van der Waals surface area (Å²) in [6.45, 7) is 2.04. The molecule has 0 saturated carbocycles. The van der Waals surface area contributed by atoms with E-state index in [1.807, 2.05) is 22.3 Å². The lowest BCUT2D eigenvalue weighted by atomic mass is 10.1. The third kappa shape index (κ3) is 5.14. The van der Waals surface area contributed by atoms with Crippen LogP contribution in [0, 0.1) is 0 Å². The molecule has 8 heteroatoms. The first-order valence-electron chi connectivity index (χ1n) is 9.35. The zero-order valence-corrected chi connectivity index (χ0v) is 16.7. The lowest BCUT2D eigenvalue weighted by molar-refractivity contribution is -0.137. The number of hydrogen-bond donors (Lipinski definition) is 1. The van der Waals surface area contributed by atoms with Gasteiger partial charge in [0.1, 0.15) is 5.01 Å². The fourth-order valence-corrected chi connectivity index (χ4v) is 3.83. The molecular formula is C22H19F3N4S. The Bertz CT molecular complexity index is 1070. The van der Waals surface area contributed by atoms with Crippen LogP contribution in [0.2, 0.25) is 0 Å². The number of nitrogens with one attached hydrogen (secondary N) is 1. The normalized spacial score (nSPS) is 11.7. The van der Waals surface area contributed by atoms with Gasteiger partial charge in [0.15, 0.2) is 0 Å². The maximum absolute atomic E-state index is 12.7. The average molecular weight is 428 g/mol. The standard InChI is InChI=1S/C22H19F3N4S/c23-22(24,25)19-8-6-18(7-9-19)21-28-20(15-30-21)13-26-12-16-2-4-17(5-3-16)14-29-11-1-10-27-29/h1-11,15,26H,12-14H2. The van der Waals surface area contributed by atoms with E-state index < -0.39 is 11.7 Å². The van der Waals surface area contributed by atoms with Crippen molar-refractivity contribution in [1.29, 1.82) is 0 Å². The molecular weight excluding hydrogens is 409 g/mol. The van der Waals surface area contributed by atoms with Crippen molar-refractivity contribution < 1.29 is 13.2 Å². The molecule has 0 aliphatic rings. The zero-order valence-electron chi connectivity index (χ0n) is 15.9. The number of hydrogen-bond acceptors (Lipinski definition) is 4. The molecule has 0 saturated heterocycles. The van der Waals surface area contributed by atoms with Crippen LogP contribution in [0.3, 0.4) is 0 Å². The maximum Gasteiger partial charge on any atom is 0.416 e. The highest BCUT2D eigenvalue weighted by Gasteiger charge is 2.30. The molecule has 0 radical (unpaired) electrons. The monoisotopic (exact) mass is 428 g/mol. The number of rotatable bonds is 7. The molecule has 0 spiro atoms. The summed E-state index contributed by atoms with van der Waals surface area (Å²) in [5.41, 5.74) is 3.25. The Balaban J connectivity index is 1.29. The van der Waals surface area contributed by atoms with Gasteiger partial charge in [0.05, 0.1) is 17.8 Å². The molecule has 0 fully saturated rings. The third-order valence-corrected chi connectivity index (χ3v) is 5.51. The van der Waals surface area contributed by atoms with Crippen molar-refractivity contribution in [2.45, 2.75) is 25.8 Å². The highest BCUT2D eigenvalue weighted by molar-refractivity contribution is 7.13. The van der Waals surface area contributed by atoms with Crippen LogP contribution in [-0.2, 0) is 25.8 Å². The molecule has 30 heavy (non-hydrogen) atoms. The van der Waals surface area contributed by atoms with Crippen molar-refractivity contribution in [3.63, 3.8) is 0 Å². The number of halogens is 3. The van der Waals surface area contributed by atoms with Gasteiger partial charge in [-0.05, 0) is 29.3 Å². The van der Waals surface area contributed by atoms with Gasteiger partial charge in [0.25, 0.3) is 0 Å². The Labute approximate surface area is 176 Å². The SMILES string of the molecule is FC(F)(F)c1ccc(-c2nc(CNCc3ccc(Cn4cccn4)cc3)cs2)cc1. The lowest BCUT2D eigenvalue weighted by Crippen LogP contribution is -2.13. The predicted molar refractivity (Wildman–Crippen MR) is 111 cm³/mol. The van der Waals surface area contributed by atoms with E-state index in [1.165, 1.54) is 29.0 Å². The van der Waals surface area contributed by atoms with Crippen LogP contribution in [0.1, 0.15) is 22.4 Å². The van der Waals surface area contributed by atoms with Gasteiger partial charge >= 0.3 is 6.18 Å². The van der Waals surface area contributed by atoms with Crippen LogP contribution in [0.5, 0.6) is 0 Å². The summed E-state index contributed by atoms with van der Waals surface area (Å²) in [6, 6.07) is 15.3. The van der Waals surface area contributed by atoms with Crippen LogP contribution in [-0.4, -0.2) is 14.8 Å². The molecule has 0 amide bonds. The minimum Gasteiger partial charge on any atom is -0.307 e. The van der Waals surface area contributed by atoms with Crippen LogP contribution in [0.15, 0.2) is 72.4 Å². The van der Waals surface area contributed by atoms with Gasteiger partial charge in [-0.3, -0.25) is 4.68 Å². The van der Waals surface area contributed by atoms with Crippen LogP contribution >= 0.6 is 11.3 Å². The second kappa shape index (κ2) is 8.81. The van der Waals surface area contributed by atoms with E-state index in [1.54, 1.807) is 6.20 Å². The molecule has 4 aromatic rings. The van der Waals surface area contributed by atoms with Gasteiger partial charge in [0.2, 0.25) is 0 Å². The zero-order chi connectivity index (χ0) is 21.0. The summed E-state index contributed by atoms with van der Waals surface area (Å²) >= 11 is 1.43. The van der Waals surface area contributed by atoms with Crippen molar-refractivity contribution in [2.24, 2.45) is 0 Å². The lowest BCUT2D eigenvalue weighted by Gasteiger charge is -2.06. The average Bonchev–Trinajstić information content (AvgIpc) is 3.41. The Kier molecular flexibility index (Phi) is 5.96. The number of thiazole rings is 1. The van der Waals surface area contributed by atoms with Gasteiger partial charge in [-0.25, -0.2) is 4.98 Å². The summed E-state index contributed by atoms with van der Waals surface area (Å²) in [5, 5.41) is 10.2. The van der Waals surface area contributed by atoms with Crippen molar-refractivity contribution in [1.82, 2.24) is 20.1 Å². The molecule has 0 aliphatic carbocycles. The Morgan fingerprint density at radius 3 is 2.33 bits per heavy atom. The number of alkyl halides is 3. The second-order valence-electron chi connectivity index (χ2n) is 6.84. The van der Waals surface area contributed by atoms with Gasteiger partial charge < -0.3 is 5.32 Å². The molecule has 0 aliphatic heterocycles. The molecule has 2 heterocycles. The Hall–Kier alpha value is -2.97. The van der Waals surface area contributed by atoms with Crippen molar-refractivity contribution >= 4 is 11.3 Å². The molecule has 4 rings (SSSR count). The number of nitrogens with zero attached hydrogens (tertiary/aromatic N) is 3. The van der Waals surface area contributed by atoms with Crippen molar-refractivity contribution in [3.8, 4) is 10.6 Å². The minimum absolute atomic E-state index is 0.589. The molecule has 2 aromatic carbocycles. The Morgan fingerprint density at radius 1 is 0.933 bits per heavy atom. The second-order valence-corrected chi connectivity index (χ2v) is 7.70. The summed E-state index contributed by atoms with van der Waals surface area (Å²) in [4.78, 5) is 4.52. The number of benzene rings is 2. The van der Waals surface area contributed by atoms with Crippen LogP contribution < -0.4 is 5.32 Å². The van der Waals surface area contributed by atoms with Gasteiger partial charge in [0, 0.05) is 36.4 Å². The largest absolute Gasteiger partial charge is 0.416 e. The predicted octanol–water partition coefficient (Wildman–Crippen LogP) is 5.36. The summed E-state index contributed by atoms with van der Waals surface area (Å²) < 4.78 is 39.9. The van der Waals surface area contributed by atoms with Gasteiger partial charge in [-0.2, -0.15) is 18.3 Å². The van der Waals surface area contributed by atoms with E-state index in [9.17, 15) is 13.2 Å². The fraction of sp³-hybridized carbons (Fsp3) is 0.182. The smallest absolute Gasteiger partial charge is 0.307 e. The van der Waals surface area contributed by atoms with Gasteiger partial charge in [-0.15, -0.1) is 11.3 Å². The Morgan fingerprint density at radius 2 is 1.67 bits per heavy atom. The fourth-order valence-electron chi connectivity index (χ4n) is 3.00. The molecule has 4 nitrogen and oxygen atoms in total. The molecule has 154 valence electrons. The topological polar surface area (TPSA) is 42.7 Å². The van der Waals surface area contributed by atoms with E-state index >= 15 is 0 Å². The van der Waals surface area contributed by atoms with Gasteiger partial charge in [-0.1, -0.05) is 36.4 Å². The minimum atomic E-state index is -4.33. The van der Waals surface area contributed by atoms with E-state index in [2.05, 4.69) is 39.7 Å². The van der Waals surface area contributed by atoms with Crippen molar-refractivity contribution in [2.75, 3.05) is 0 Å². The van der Waals surface area contributed by atoms with E-state index in [-0.39, 0.29) is 0 Å². The summed E-state index contributed by atoms with van der Waals surface area (Å²) in [6.07, 6.45) is -0.629. The van der Waals surface area contributed by atoms with Crippen molar-refractivity contribution in [3.05, 3.63) is 94.8 Å². The molecule has 2 aromatic heterocycles.